The standard InChI is InChI=1S/C13H24N4O2/c1-7-13(5,6)16-11(18)14-8-9-15-10(19-17-9)12(2,3)4/h7-8H2,1-6H3,(H2,14,16,18). The van der Waals surface area contributed by atoms with E-state index in [0.717, 1.165) is 6.42 Å². The van der Waals surface area contributed by atoms with Crippen LogP contribution in [-0.2, 0) is 12.0 Å². The Morgan fingerprint density at radius 1 is 1.26 bits per heavy atom. The Kier molecular flexibility index (Phi) is 4.55. The van der Waals surface area contributed by atoms with Crippen LogP contribution in [0, 0.1) is 0 Å². The quantitative estimate of drug-likeness (QED) is 0.878. The van der Waals surface area contributed by atoms with Crippen LogP contribution in [0.1, 0.15) is 59.7 Å². The van der Waals surface area contributed by atoms with Gasteiger partial charge in [0.1, 0.15) is 0 Å². The van der Waals surface area contributed by atoms with Gasteiger partial charge < -0.3 is 15.2 Å². The Morgan fingerprint density at radius 2 is 1.89 bits per heavy atom. The molecule has 108 valence electrons. The molecule has 2 amide bonds. The normalized spacial score (nSPS) is 12.3. The van der Waals surface area contributed by atoms with Gasteiger partial charge in [0.15, 0.2) is 5.82 Å². The highest BCUT2D eigenvalue weighted by Gasteiger charge is 2.22. The van der Waals surface area contributed by atoms with Gasteiger partial charge >= 0.3 is 6.03 Å². The van der Waals surface area contributed by atoms with Gasteiger partial charge in [-0.1, -0.05) is 32.9 Å². The van der Waals surface area contributed by atoms with Crippen molar-refractivity contribution in [3.05, 3.63) is 11.7 Å². The molecule has 0 aromatic carbocycles. The number of hydrogen-bond donors (Lipinski definition) is 2. The summed E-state index contributed by atoms with van der Waals surface area (Å²) in [5, 5.41) is 9.44. The molecule has 19 heavy (non-hydrogen) atoms. The minimum Gasteiger partial charge on any atom is -0.339 e. The second-order valence-electron chi connectivity index (χ2n) is 6.31. The van der Waals surface area contributed by atoms with Gasteiger partial charge in [-0.3, -0.25) is 0 Å². The molecule has 0 saturated carbocycles. The van der Waals surface area contributed by atoms with Crippen molar-refractivity contribution in [1.82, 2.24) is 20.8 Å². The van der Waals surface area contributed by atoms with Crippen molar-refractivity contribution in [2.75, 3.05) is 0 Å². The molecule has 6 heteroatoms. The van der Waals surface area contributed by atoms with Gasteiger partial charge in [-0.25, -0.2) is 4.79 Å². The summed E-state index contributed by atoms with van der Waals surface area (Å²) in [5.74, 6) is 1.05. The molecule has 0 spiro atoms. The first-order chi connectivity index (χ1) is 8.64. The SMILES string of the molecule is CCC(C)(C)NC(=O)NCc1noc(C(C)(C)C)n1. The number of rotatable bonds is 4. The maximum Gasteiger partial charge on any atom is 0.315 e. The molecule has 1 heterocycles. The average molecular weight is 268 g/mol. The third-order valence-corrected chi connectivity index (χ3v) is 2.85. The molecule has 6 nitrogen and oxygen atoms in total. The summed E-state index contributed by atoms with van der Waals surface area (Å²) >= 11 is 0. The van der Waals surface area contributed by atoms with Crippen LogP contribution in [0.15, 0.2) is 4.52 Å². The molecule has 0 atom stereocenters. The summed E-state index contributed by atoms with van der Waals surface area (Å²) in [4.78, 5) is 15.9. The molecule has 0 bridgehead atoms. The van der Waals surface area contributed by atoms with Crippen LogP contribution in [0.2, 0.25) is 0 Å². The van der Waals surface area contributed by atoms with E-state index in [0.29, 0.717) is 11.7 Å². The Hall–Kier alpha value is -1.59. The molecule has 0 aliphatic carbocycles. The Balaban J connectivity index is 2.49. The van der Waals surface area contributed by atoms with Gasteiger partial charge in [0.2, 0.25) is 5.89 Å². The van der Waals surface area contributed by atoms with E-state index < -0.39 is 0 Å². The lowest BCUT2D eigenvalue weighted by Crippen LogP contribution is -2.47. The summed E-state index contributed by atoms with van der Waals surface area (Å²) in [6.07, 6.45) is 0.858. The first-order valence-electron chi connectivity index (χ1n) is 6.53. The summed E-state index contributed by atoms with van der Waals surface area (Å²) in [7, 11) is 0. The fourth-order valence-electron chi connectivity index (χ4n) is 1.23. The van der Waals surface area contributed by atoms with E-state index in [1.165, 1.54) is 0 Å². The van der Waals surface area contributed by atoms with Gasteiger partial charge in [-0.15, -0.1) is 0 Å². The Morgan fingerprint density at radius 3 is 2.37 bits per heavy atom. The van der Waals surface area contributed by atoms with Crippen molar-refractivity contribution in [3.63, 3.8) is 0 Å². The molecular formula is C13H24N4O2. The number of aromatic nitrogens is 2. The lowest BCUT2D eigenvalue weighted by Gasteiger charge is -2.24. The van der Waals surface area contributed by atoms with E-state index in [2.05, 4.69) is 20.8 Å². The Labute approximate surface area is 114 Å². The highest BCUT2D eigenvalue weighted by molar-refractivity contribution is 5.74. The summed E-state index contributed by atoms with van der Waals surface area (Å²) in [6.45, 7) is 12.2. The zero-order valence-corrected chi connectivity index (χ0v) is 12.6. The molecule has 2 N–H and O–H groups in total. The second-order valence-corrected chi connectivity index (χ2v) is 6.31. The van der Waals surface area contributed by atoms with Gasteiger partial charge in [-0.05, 0) is 20.3 Å². The van der Waals surface area contributed by atoms with Crippen molar-refractivity contribution in [3.8, 4) is 0 Å². The third-order valence-electron chi connectivity index (χ3n) is 2.85. The van der Waals surface area contributed by atoms with E-state index in [4.69, 9.17) is 4.52 Å². The van der Waals surface area contributed by atoms with Crippen molar-refractivity contribution in [2.45, 2.75) is 65.5 Å². The van der Waals surface area contributed by atoms with Gasteiger partial charge in [-0.2, -0.15) is 4.98 Å². The minimum atomic E-state index is -0.228. The molecule has 0 radical (unpaired) electrons. The van der Waals surface area contributed by atoms with Crippen molar-refractivity contribution < 1.29 is 9.32 Å². The van der Waals surface area contributed by atoms with Crippen LogP contribution in [0.25, 0.3) is 0 Å². The molecule has 1 aromatic rings. The first kappa shape index (κ1) is 15.5. The maximum absolute atomic E-state index is 11.7. The van der Waals surface area contributed by atoms with E-state index in [-0.39, 0.29) is 23.5 Å². The first-order valence-corrected chi connectivity index (χ1v) is 6.53. The number of nitrogens with zero attached hydrogens (tertiary/aromatic N) is 2. The zero-order chi connectivity index (χ0) is 14.7. The van der Waals surface area contributed by atoms with Crippen molar-refractivity contribution in [1.29, 1.82) is 0 Å². The fraction of sp³-hybridized carbons (Fsp3) is 0.769. The van der Waals surface area contributed by atoms with E-state index >= 15 is 0 Å². The smallest absolute Gasteiger partial charge is 0.315 e. The molecular weight excluding hydrogens is 244 g/mol. The van der Waals surface area contributed by atoms with E-state index in [1.54, 1.807) is 0 Å². The van der Waals surface area contributed by atoms with E-state index in [9.17, 15) is 4.79 Å². The predicted octanol–water partition coefficient (Wildman–Crippen LogP) is 2.35. The van der Waals surface area contributed by atoms with Crippen LogP contribution in [0.4, 0.5) is 4.79 Å². The molecule has 0 unspecified atom stereocenters. The lowest BCUT2D eigenvalue weighted by molar-refractivity contribution is 0.228. The predicted molar refractivity (Wildman–Crippen MR) is 72.7 cm³/mol. The van der Waals surface area contributed by atoms with Crippen molar-refractivity contribution in [2.24, 2.45) is 0 Å². The zero-order valence-electron chi connectivity index (χ0n) is 12.6. The third kappa shape index (κ3) is 4.89. The Bertz CT molecular complexity index is 432. The largest absolute Gasteiger partial charge is 0.339 e. The number of carbonyl (C=O) groups is 1. The molecule has 0 fully saturated rings. The fourth-order valence-corrected chi connectivity index (χ4v) is 1.23. The van der Waals surface area contributed by atoms with Crippen LogP contribution in [0.3, 0.4) is 0 Å². The van der Waals surface area contributed by atoms with Gasteiger partial charge in [0, 0.05) is 11.0 Å². The molecule has 0 saturated heterocycles. The minimum absolute atomic E-state index is 0.183. The highest BCUT2D eigenvalue weighted by Crippen LogP contribution is 2.19. The van der Waals surface area contributed by atoms with Crippen LogP contribution < -0.4 is 10.6 Å². The van der Waals surface area contributed by atoms with E-state index in [1.807, 2.05) is 41.5 Å². The second kappa shape index (κ2) is 5.59. The molecule has 1 rings (SSSR count). The number of urea groups is 1. The number of nitrogens with one attached hydrogen (secondary N) is 2. The topological polar surface area (TPSA) is 80.0 Å². The molecule has 1 aromatic heterocycles. The van der Waals surface area contributed by atoms with Crippen LogP contribution >= 0.6 is 0 Å². The number of amides is 2. The monoisotopic (exact) mass is 268 g/mol. The summed E-state index contributed by atoms with van der Waals surface area (Å²) in [6, 6.07) is -0.228. The van der Waals surface area contributed by atoms with Gasteiger partial charge in [0.05, 0.1) is 6.54 Å². The highest BCUT2D eigenvalue weighted by atomic mass is 16.5. The number of carbonyl (C=O) groups excluding carboxylic acids is 1. The van der Waals surface area contributed by atoms with Crippen molar-refractivity contribution >= 4 is 6.03 Å². The average Bonchev–Trinajstić information content (AvgIpc) is 2.74. The number of hydrogen-bond acceptors (Lipinski definition) is 4. The lowest BCUT2D eigenvalue weighted by atomic mass is 9.97. The molecule has 0 aliphatic rings. The van der Waals surface area contributed by atoms with Crippen LogP contribution in [0.5, 0.6) is 0 Å². The maximum atomic E-state index is 11.7. The molecule has 0 aliphatic heterocycles. The van der Waals surface area contributed by atoms with Gasteiger partial charge in [0.25, 0.3) is 0 Å². The summed E-state index contributed by atoms with van der Waals surface area (Å²) in [5.41, 5.74) is -0.407. The summed E-state index contributed by atoms with van der Waals surface area (Å²) < 4.78 is 5.15. The van der Waals surface area contributed by atoms with Crippen LogP contribution in [-0.4, -0.2) is 21.7 Å².